The number of hydrogen-bond acceptors (Lipinski definition) is 4. The van der Waals surface area contributed by atoms with Crippen LogP contribution in [0.5, 0.6) is 0 Å². The zero-order valence-corrected chi connectivity index (χ0v) is 13.6. The van der Waals surface area contributed by atoms with Crippen molar-refractivity contribution in [3.05, 3.63) is 45.7 Å². The molecule has 3 aromatic rings. The van der Waals surface area contributed by atoms with Crippen LogP contribution in [0.4, 0.5) is 5.82 Å². The van der Waals surface area contributed by atoms with Gasteiger partial charge in [0.05, 0.1) is 28.0 Å². The number of rotatable bonds is 3. The van der Waals surface area contributed by atoms with Gasteiger partial charge in [-0.3, -0.25) is 0 Å². The number of aryl methyl sites for hydroxylation is 1. The van der Waals surface area contributed by atoms with Gasteiger partial charge in [0, 0.05) is 18.7 Å². The first kappa shape index (κ1) is 15.1. The summed E-state index contributed by atoms with van der Waals surface area (Å²) >= 11 is 12.1. The standard InChI is InChI=1S/C15H14Cl2N4O/c1-8-5-13-19-12(7-22-2)14(15(18)21(13)20-8)9-3-4-10(16)11(17)6-9/h3-6H,7,18H2,1-2H3. The van der Waals surface area contributed by atoms with Gasteiger partial charge in [0.2, 0.25) is 0 Å². The van der Waals surface area contributed by atoms with E-state index in [9.17, 15) is 0 Å². The molecule has 7 heteroatoms. The Hall–Kier alpha value is -1.82. The molecule has 22 heavy (non-hydrogen) atoms. The minimum absolute atomic E-state index is 0.334. The number of ether oxygens (including phenoxy) is 1. The van der Waals surface area contributed by atoms with Crippen LogP contribution in [0.2, 0.25) is 10.0 Å². The number of aromatic nitrogens is 3. The third-order valence-electron chi connectivity index (χ3n) is 3.32. The molecule has 0 saturated carbocycles. The Balaban J connectivity index is 2.31. The van der Waals surface area contributed by atoms with E-state index in [-0.39, 0.29) is 0 Å². The number of methoxy groups -OCH3 is 1. The second kappa shape index (κ2) is 5.76. The SMILES string of the molecule is COCc1nc2cc(C)nn2c(N)c1-c1ccc(Cl)c(Cl)c1. The molecule has 0 bridgehead atoms. The van der Waals surface area contributed by atoms with E-state index in [4.69, 9.17) is 33.7 Å². The summed E-state index contributed by atoms with van der Waals surface area (Å²) < 4.78 is 6.87. The zero-order chi connectivity index (χ0) is 15.9. The van der Waals surface area contributed by atoms with Crippen molar-refractivity contribution in [2.24, 2.45) is 0 Å². The number of anilines is 1. The molecule has 0 aliphatic rings. The Morgan fingerprint density at radius 2 is 2.00 bits per heavy atom. The van der Waals surface area contributed by atoms with E-state index >= 15 is 0 Å². The van der Waals surface area contributed by atoms with Gasteiger partial charge in [-0.2, -0.15) is 9.61 Å². The highest BCUT2D eigenvalue weighted by Gasteiger charge is 2.17. The van der Waals surface area contributed by atoms with Crippen LogP contribution in [-0.4, -0.2) is 21.7 Å². The van der Waals surface area contributed by atoms with E-state index in [1.807, 2.05) is 19.1 Å². The fourth-order valence-electron chi connectivity index (χ4n) is 2.40. The molecule has 0 radical (unpaired) electrons. The van der Waals surface area contributed by atoms with Crippen molar-refractivity contribution in [1.29, 1.82) is 0 Å². The fourth-order valence-corrected chi connectivity index (χ4v) is 2.70. The first-order valence-electron chi connectivity index (χ1n) is 6.60. The quantitative estimate of drug-likeness (QED) is 0.791. The average Bonchev–Trinajstić information content (AvgIpc) is 2.84. The average molecular weight is 337 g/mol. The van der Waals surface area contributed by atoms with E-state index in [1.165, 1.54) is 0 Å². The number of fused-ring (bicyclic) bond motifs is 1. The third-order valence-corrected chi connectivity index (χ3v) is 4.06. The maximum Gasteiger partial charge on any atom is 0.157 e. The second-order valence-electron chi connectivity index (χ2n) is 4.94. The van der Waals surface area contributed by atoms with E-state index in [1.54, 1.807) is 23.8 Å². The summed E-state index contributed by atoms with van der Waals surface area (Å²) in [5.41, 5.74) is 10.1. The van der Waals surface area contributed by atoms with Gasteiger partial charge >= 0.3 is 0 Å². The van der Waals surface area contributed by atoms with Crippen molar-refractivity contribution in [2.45, 2.75) is 13.5 Å². The molecule has 2 N–H and O–H groups in total. The van der Waals surface area contributed by atoms with E-state index in [2.05, 4.69) is 10.1 Å². The van der Waals surface area contributed by atoms with Gasteiger partial charge in [0.25, 0.3) is 0 Å². The lowest BCUT2D eigenvalue weighted by Gasteiger charge is -2.13. The smallest absolute Gasteiger partial charge is 0.157 e. The van der Waals surface area contributed by atoms with Crippen LogP contribution < -0.4 is 5.73 Å². The van der Waals surface area contributed by atoms with Crippen molar-refractivity contribution in [3.8, 4) is 11.1 Å². The van der Waals surface area contributed by atoms with Crippen LogP contribution in [0.1, 0.15) is 11.4 Å². The highest BCUT2D eigenvalue weighted by atomic mass is 35.5. The molecule has 114 valence electrons. The van der Waals surface area contributed by atoms with Crippen molar-refractivity contribution in [2.75, 3.05) is 12.8 Å². The molecule has 0 aliphatic heterocycles. The van der Waals surface area contributed by atoms with Gasteiger partial charge in [-0.25, -0.2) is 4.98 Å². The number of benzene rings is 1. The molecular weight excluding hydrogens is 323 g/mol. The Kier molecular flexibility index (Phi) is 3.95. The molecule has 2 aromatic heterocycles. The van der Waals surface area contributed by atoms with Gasteiger partial charge in [-0.1, -0.05) is 29.3 Å². The van der Waals surface area contributed by atoms with Crippen LogP contribution in [0.15, 0.2) is 24.3 Å². The second-order valence-corrected chi connectivity index (χ2v) is 5.75. The predicted molar refractivity (Wildman–Crippen MR) is 88.3 cm³/mol. The summed E-state index contributed by atoms with van der Waals surface area (Å²) in [6, 6.07) is 7.21. The van der Waals surface area contributed by atoms with E-state index in [0.29, 0.717) is 28.1 Å². The Bertz CT molecular complexity index is 860. The van der Waals surface area contributed by atoms with Crippen molar-refractivity contribution < 1.29 is 4.74 Å². The fraction of sp³-hybridized carbons (Fsp3) is 0.200. The normalized spacial score (nSPS) is 11.3. The lowest BCUT2D eigenvalue weighted by atomic mass is 10.0. The number of hydrogen-bond donors (Lipinski definition) is 1. The number of nitrogens with two attached hydrogens (primary N) is 1. The zero-order valence-electron chi connectivity index (χ0n) is 12.1. The minimum Gasteiger partial charge on any atom is -0.383 e. The predicted octanol–water partition coefficient (Wildman–Crippen LogP) is 3.74. The summed E-state index contributed by atoms with van der Waals surface area (Å²) in [7, 11) is 1.61. The summed E-state index contributed by atoms with van der Waals surface area (Å²) in [5.74, 6) is 0.489. The summed E-state index contributed by atoms with van der Waals surface area (Å²) in [6.07, 6.45) is 0. The van der Waals surface area contributed by atoms with Crippen LogP contribution >= 0.6 is 23.2 Å². The number of halogens is 2. The number of nitrogen functional groups attached to an aromatic ring is 1. The first-order valence-corrected chi connectivity index (χ1v) is 7.36. The van der Waals surface area contributed by atoms with Gasteiger partial charge in [-0.15, -0.1) is 0 Å². The number of nitrogens with zero attached hydrogens (tertiary/aromatic N) is 3. The van der Waals surface area contributed by atoms with Gasteiger partial charge in [-0.05, 0) is 24.6 Å². The van der Waals surface area contributed by atoms with Crippen LogP contribution in [0.25, 0.3) is 16.8 Å². The molecule has 0 spiro atoms. The molecule has 0 fully saturated rings. The maximum atomic E-state index is 6.31. The molecule has 3 rings (SSSR count). The minimum atomic E-state index is 0.334. The van der Waals surface area contributed by atoms with Gasteiger partial charge in [0.15, 0.2) is 5.65 Å². The van der Waals surface area contributed by atoms with E-state index < -0.39 is 0 Å². The monoisotopic (exact) mass is 336 g/mol. The van der Waals surface area contributed by atoms with Gasteiger partial charge < -0.3 is 10.5 Å². The Morgan fingerprint density at radius 3 is 2.68 bits per heavy atom. The lowest BCUT2D eigenvalue weighted by molar-refractivity contribution is 0.182. The first-order chi connectivity index (χ1) is 10.5. The topological polar surface area (TPSA) is 65.4 Å². The third kappa shape index (κ3) is 2.52. The molecule has 0 unspecified atom stereocenters. The van der Waals surface area contributed by atoms with Crippen LogP contribution in [0.3, 0.4) is 0 Å². The molecule has 0 saturated heterocycles. The molecule has 1 aromatic carbocycles. The molecule has 2 heterocycles. The highest BCUT2D eigenvalue weighted by molar-refractivity contribution is 6.42. The molecule has 0 aliphatic carbocycles. The van der Waals surface area contributed by atoms with Crippen molar-refractivity contribution in [1.82, 2.24) is 14.6 Å². The van der Waals surface area contributed by atoms with Crippen molar-refractivity contribution >= 4 is 34.7 Å². The molecule has 0 atom stereocenters. The van der Waals surface area contributed by atoms with Crippen LogP contribution in [-0.2, 0) is 11.3 Å². The highest BCUT2D eigenvalue weighted by Crippen LogP contribution is 2.34. The summed E-state index contributed by atoms with van der Waals surface area (Å²) in [4.78, 5) is 4.59. The largest absolute Gasteiger partial charge is 0.383 e. The summed E-state index contributed by atoms with van der Waals surface area (Å²) in [6.45, 7) is 2.23. The summed E-state index contributed by atoms with van der Waals surface area (Å²) in [5, 5.41) is 5.31. The Morgan fingerprint density at radius 1 is 1.23 bits per heavy atom. The van der Waals surface area contributed by atoms with Crippen molar-refractivity contribution in [3.63, 3.8) is 0 Å². The van der Waals surface area contributed by atoms with Crippen LogP contribution in [0, 0.1) is 6.92 Å². The molecular formula is C15H14Cl2N4O. The molecule has 5 nitrogen and oxygen atoms in total. The van der Waals surface area contributed by atoms with E-state index in [0.717, 1.165) is 22.5 Å². The Labute approximate surface area is 137 Å². The molecule has 0 amide bonds. The lowest BCUT2D eigenvalue weighted by Crippen LogP contribution is -2.08. The van der Waals surface area contributed by atoms with Gasteiger partial charge in [0.1, 0.15) is 5.82 Å². The maximum absolute atomic E-state index is 6.31.